The van der Waals surface area contributed by atoms with E-state index in [1.807, 2.05) is 5.32 Å². The number of anilines is 1. The highest BCUT2D eigenvalue weighted by atomic mass is 16.6. The van der Waals surface area contributed by atoms with Crippen LogP contribution >= 0.6 is 0 Å². The summed E-state index contributed by atoms with van der Waals surface area (Å²) in [5, 5.41) is 15.9. The van der Waals surface area contributed by atoms with Gasteiger partial charge >= 0.3 is 6.03 Å². The van der Waals surface area contributed by atoms with E-state index in [1.54, 1.807) is 0 Å². The average molecular weight is 251 g/mol. The molecule has 1 aromatic rings. The van der Waals surface area contributed by atoms with Crippen LogP contribution in [0.1, 0.15) is 0 Å². The number of nitrogens with zero attached hydrogens (tertiary/aromatic N) is 2. The zero-order valence-corrected chi connectivity index (χ0v) is 8.99. The lowest BCUT2D eigenvalue weighted by Crippen LogP contribution is -2.45. The molecule has 1 atom stereocenters. The van der Waals surface area contributed by atoms with E-state index in [2.05, 4.69) is 5.32 Å². The molecule has 9 heteroatoms. The molecule has 1 aliphatic rings. The maximum absolute atomic E-state index is 11.4. The van der Waals surface area contributed by atoms with Gasteiger partial charge in [0.15, 0.2) is 6.17 Å². The number of carbonyl (C=O) groups excluding carboxylic acids is 2. The van der Waals surface area contributed by atoms with E-state index < -0.39 is 23.0 Å². The van der Waals surface area contributed by atoms with Crippen molar-refractivity contribution in [2.75, 3.05) is 5.32 Å². The lowest BCUT2D eigenvalue weighted by Gasteiger charge is -2.17. The monoisotopic (exact) mass is 251 g/mol. The second kappa shape index (κ2) is 4.30. The Labute approximate surface area is 101 Å². The molecule has 1 aliphatic heterocycles. The van der Waals surface area contributed by atoms with E-state index in [0.717, 1.165) is 0 Å². The van der Waals surface area contributed by atoms with E-state index in [0.29, 0.717) is 10.7 Å². The van der Waals surface area contributed by atoms with Crippen molar-refractivity contribution in [1.29, 1.82) is 0 Å². The molecule has 2 rings (SSSR count). The summed E-state index contributed by atoms with van der Waals surface area (Å²) in [4.78, 5) is 32.5. The number of hydrogen-bond donors (Lipinski definition) is 3. The van der Waals surface area contributed by atoms with Crippen LogP contribution in [0.5, 0.6) is 0 Å². The Morgan fingerprint density at radius 2 is 2.17 bits per heavy atom. The normalized spacial score (nSPS) is 18.7. The molecule has 1 unspecified atom stereocenters. The number of nitrogens with one attached hydrogen (secondary N) is 2. The number of imide groups is 1. The second-order valence-corrected chi connectivity index (χ2v) is 3.56. The molecule has 4 N–H and O–H groups in total. The first-order chi connectivity index (χ1) is 8.49. The molecule has 0 aliphatic carbocycles. The Balaban J connectivity index is 2.19. The predicted molar refractivity (Wildman–Crippen MR) is 60.1 cm³/mol. The van der Waals surface area contributed by atoms with Crippen molar-refractivity contribution in [2.45, 2.75) is 6.17 Å². The number of rotatable bonds is 3. The molecular weight excluding hydrogens is 242 g/mol. The number of nitro groups is 1. The fourth-order valence-electron chi connectivity index (χ4n) is 1.48. The number of hydrazine groups is 1. The molecule has 18 heavy (non-hydrogen) atoms. The third kappa shape index (κ3) is 2.06. The van der Waals surface area contributed by atoms with Crippen LogP contribution in [0.4, 0.5) is 16.2 Å². The molecule has 3 amide bonds. The van der Waals surface area contributed by atoms with Crippen LogP contribution in [-0.2, 0) is 4.79 Å². The van der Waals surface area contributed by atoms with Gasteiger partial charge in [-0.15, -0.1) is 0 Å². The number of non-ortho nitro benzene ring substituents is 1. The summed E-state index contributed by atoms with van der Waals surface area (Å²) >= 11 is 0. The van der Waals surface area contributed by atoms with Crippen LogP contribution in [0.3, 0.4) is 0 Å². The first-order valence-corrected chi connectivity index (χ1v) is 4.89. The van der Waals surface area contributed by atoms with Crippen LogP contribution in [0.15, 0.2) is 24.3 Å². The minimum absolute atomic E-state index is 0.131. The van der Waals surface area contributed by atoms with Gasteiger partial charge in [0.1, 0.15) is 0 Å². The summed E-state index contributed by atoms with van der Waals surface area (Å²) in [7, 11) is 0. The van der Waals surface area contributed by atoms with E-state index >= 15 is 0 Å². The van der Waals surface area contributed by atoms with E-state index in [1.165, 1.54) is 24.3 Å². The molecule has 0 bridgehead atoms. The standard InChI is InChI=1S/C9H9N5O4/c10-13-7(8(15)12-9(13)16)11-5-2-1-3-6(4-5)14(17)18/h1-4,7,11H,10H2,(H,12,15,16). The fourth-order valence-corrected chi connectivity index (χ4v) is 1.48. The number of nitrogens with two attached hydrogens (primary N) is 1. The SMILES string of the molecule is NN1C(=O)NC(=O)C1Nc1cccc([N+](=O)[O-])c1. The lowest BCUT2D eigenvalue weighted by atomic mass is 10.2. The molecule has 1 heterocycles. The Kier molecular flexibility index (Phi) is 2.81. The molecular formula is C9H9N5O4. The minimum atomic E-state index is -1.08. The van der Waals surface area contributed by atoms with Crippen molar-refractivity contribution >= 4 is 23.3 Å². The van der Waals surface area contributed by atoms with Gasteiger partial charge in [-0.3, -0.25) is 20.2 Å². The third-order valence-electron chi connectivity index (χ3n) is 2.35. The van der Waals surface area contributed by atoms with Crippen LogP contribution in [0.25, 0.3) is 0 Å². The number of nitro benzene ring substituents is 1. The zero-order valence-electron chi connectivity index (χ0n) is 8.99. The van der Waals surface area contributed by atoms with Crippen molar-refractivity contribution in [2.24, 2.45) is 5.84 Å². The van der Waals surface area contributed by atoms with Gasteiger partial charge in [-0.05, 0) is 6.07 Å². The highest BCUT2D eigenvalue weighted by Crippen LogP contribution is 2.18. The number of hydrogen-bond acceptors (Lipinski definition) is 6. The first kappa shape index (κ1) is 11.8. The van der Waals surface area contributed by atoms with Gasteiger partial charge in [0.25, 0.3) is 11.6 Å². The van der Waals surface area contributed by atoms with Gasteiger partial charge in [0.2, 0.25) is 0 Å². The topological polar surface area (TPSA) is 131 Å². The van der Waals surface area contributed by atoms with Crippen molar-refractivity contribution < 1.29 is 14.5 Å². The summed E-state index contributed by atoms with van der Waals surface area (Å²) < 4.78 is 0. The molecule has 0 radical (unpaired) electrons. The Morgan fingerprint density at radius 3 is 2.72 bits per heavy atom. The lowest BCUT2D eigenvalue weighted by molar-refractivity contribution is -0.384. The number of amides is 3. The second-order valence-electron chi connectivity index (χ2n) is 3.56. The van der Waals surface area contributed by atoms with E-state index in [9.17, 15) is 19.7 Å². The molecule has 0 aromatic heterocycles. The third-order valence-corrected chi connectivity index (χ3v) is 2.35. The van der Waals surface area contributed by atoms with Crippen LogP contribution < -0.4 is 16.5 Å². The number of urea groups is 1. The Hall–Kier alpha value is -2.68. The first-order valence-electron chi connectivity index (χ1n) is 4.89. The summed E-state index contributed by atoms with van der Waals surface area (Å²) in [5.41, 5.74) is 0.183. The fraction of sp³-hybridized carbons (Fsp3) is 0.111. The molecule has 0 saturated carbocycles. The largest absolute Gasteiger partial charge is 0.356 e. The van der Waals surface area contributed by atoms with Crippen molar-refractivity contribution in [1.82, 2.24) is 10.3 Å². The molecule has 1 aromatic carbocycles. The van der Waals surface area contributed by atoms with Crippen molar-refractivity contribution in [3.8, 4) is 0 Å². The summed E-state index contributed by atoms with van der Waals surface area (Å²) in [5.74, 6) is 4.75. The molecule has 1 fully saturated rings. The maximum atomic E-state index is 11.4. The summed E-state index contributed by atoms with van der Waals surface area (Å²) in [6.45, 7) is 0. The van der Waals surface area contributed by atoms with E-state index in [-0.39, 0.29) is 5.69 Å². The van der Waals surface area contributed by atoms with Crippen LogP contribution in [-0.4, -0.2) is 28.0 Å². The molecule has 1 saturated heterocycles. The average Bonchev–Trinajstić information content (AvgIpc) is 2.56. The Morgan fingerprint density at radius 1 is 1.44 bits per heavy atom. The minimum Gasteiger partial charge on any atom is -0.356 e. The summed E-state index contributed by atoms with van der Waals surface area (Å²) in [6, 6.07) is 4.80. The molecule has 0 spiro atoms. The van der Waals surface area contributed by atoms with Gasteiger partial charge in [-0.2, -0.15) is 0 Å². The quantitative estimate of drug-likeness (QED) is 0.223. The van der Waals surface area contributed by atoms with Crippen molar-refractivity contribution in [3.05, 3.63) is 34.4 Å². The van der Waals surface area contributed by atoms with Gasteiger partial charge in [-0.1, -0.05) is 6.07 Å². The Bertz CT molecular complexity index is 531. The number of benzene rings is 1. The van der Waals surface area contributed by atoms with Gasteiger partial charge in [-0.25, -0.2) is 15.6 Å². The van der Waals surface area contributed by atoms with Crippen molar-refractivity contribution in [3.63, 3.8) is 0 Å². The van der Waals surface area contributed by atoms with Gasteiger partial charge in [0.05, 0.1) is 4.92 Å². The predicted octanol–water partition coefficient (Wildman–Crippen LogP) is -0.242. The highest BCUT2D eigenvalue weighted by molar-refractivity contribution is 6.04. The van der Waals surface area contributed by atoms with Gasteiger partial charge in [0, 0.05) is 17.8 Å². The maximum Gasteiger partial charge on any atom is 0.340 e. The van der Waals surface area contributed by atoms with Crippen LogP contribution in [0.2, 0.25) is 0 Å². The van der Waals surface area contributed by atoms with Crippen LogP contribution in [0, 0.1) is 10.1 Å². The van der Waals surface area contributed by atoms with E-state index in [4.69, 9.17) is 5.84 Å². The molecule has 9 nitrogen and oxygen atoms in total. The highest BCUT2D eigenvalue weighted by Gasteiger charge is 2.36. The van der Waals surface area contributed by atoms with Gasteiger partial charge < -0.3 is 5.32 Å². The number of carbonyl (C=O) groups is 2. The summed E-state index contributed by atoms with van der Waals surface area (Å²) in [6.07, 6.45) is -1.08. The smallest absolute Gasteiger partial charge is 0.340 e. The molecule has 94 valence electrons. The zero-order chi connectivity index (χ0) is 13.3.